The Bertz CT molecular complexity index is 1040. The van der Waals surface area contributed by atoms with Gasteiger partial charge in [-0.05, 0) is 61.3 Å². The van der Waals surface area contributed by atoms with Crippen molar-refractivity contribution in [2.24, 2.45) is 22.7 Å². The monoisotopic (exact) mass is 446 g/mol. The fraction of sp³-hybridized carbons (Fsp3) is 0.550. The highest BCUT2D eigenvalue weighted by molar-refractivity contribution is 7.89. The lowest BCUT2D eigenvalue weighted by Gasteiger charge is -2.41. The fourth-order valence-electron chi connectivity index (χ4n) is 5.06. The molecular weight excluding hydrogens is 416 g/mol. The van der Waals surface area contributed by atoms with Crippen LogP contribution < -0.4 is 15.8 Å². The number of anilines is 1. The number of nitrogens with two attached hydrogens (primary N) is 2. The summed E-state index contributed by atoms with van der Waals surface area (Å²) in [6.45, 7) is 9.19. The van der Waals surface area contributed by atoms with Gasteiger partial charge in [-0.2, -0.15) is 5.21 Å². The van der Waals surface area contributed by atoms with Crippen LogP contribution in [0.5, 0.6) is 0 Å². The maximum absolute atomic E-state index is 12.4. The van der Waals surface area contributed by atoms with Crippen molar-refractivity contribution in [1.82, 2.24) is 25.5 Å². The van der Waals surface area contributed by atoms with Gasteiger partial charge in [0, 0.05) is 31.9 Å². The molecule has 0 bridgehead atoms. The van der Waals surface area contributed by atoms with Crippen LogP contribution in [0.15, 0.2) is 29.4 Å². The van der Waals surface area contributed by atoms with Crippen LogP contribution in [0.1, 0.15) is 31.2 Å². The number of aryl methyl sites for hydroxylation is 1. The molecule has 3 heterocycles. The lowest BCUT2D eigenvalue weighted by molar-refractivity contribution is 0.157. The molecule has 2 saturated heterocycles. The summed E-state index contributed by atoms with van der Waals surface area (Å²) < 4.78 is 24.8. The molecule has 1 aromatic carbocycles. The summed E-state index contributed by atoms with van der Waals surface area (Å²) in [5, 5.41) is 19.7. The van der Waals surface area contributed by atoms with E-state index in [9.17, 15) is 8.42 Å². The zero-order valence-corrected chi connectivity index (χ0v) is 18.6. The molecular formula is C20H30N8O2S. The number of aromatic nitrogens is 4. The molecule has 0 atom stereocenters. The molecule has 168 valence electrons. The maximum Gasteiger partial charge on any atom is 0.239 e. The van der Waals surface area contributed by atoms with Crippen molar-refractivity contribution >= 4 is 15.7 Å². The Kier molecular flexibility index (Phi) is 5.89. The molecule has 0 amide bonds. The van der Waals surface area contributed by atoms with Gasteiger partial charge in [-0.15, -0.1) is 10.2 Å². The lowest BCUT2D eigenvalue weighted by Crippen LogP contribution is -2.41. The summed E-state index contributed by atoms with van der Waals surface area (Å²) in [4.78, 5) is 4.43. The van der Waals surface area contributed by atoms with Crippen LogP contribution in [0.3, 0.4) is 0 Å². The van der Waals surface area contributed by atoms with Gasteiger partial charge in [0.1, 0.15) is 0 Å². The van der Waals surface area contributed by atoms with Crippen molar-refractivity contribution < 1.29 is 8.42 Å². The van der Waals surface area contributed by atoms with Gasteiger partial charge in [-0.1, -0.05) is 12.6 Å². The molecule has 2 fully saturated rings. The summed E-state index contributed by atoms with van der Waals surface area (Å²) in [5.74, 6) is 2.24. The molecule has 0 saturated carbocycles. The van der Waals surface area contributed by atoms with Gasteiger partial charge in [0.2, 0.25) is 15.8 Å². The van der Waals surface area contributed by atoms with Crippen molar-refractivity contribution in [2.45, 2.75) is 37.5 Å². The van der Waals surface area contributed by atoms with E-state index >= 15 is 0 Å². The Labute approximate surface area is 182 Å². The molecule has 2 aliphatic heterocycles. The van der Waals surface area contributed by atoms with Crippen LogP contribution in [-0.4, -0.2) is 60.1 Å². The first-order valence-electron chi connectivity index (χ1n) is 10.6. The van der Waals surface area contributed by atoms with Gasteiger partial charge < -0.3 is 15.5 Å². The number of primary sulfonamides is 1. The third kappa shape index (κ3) is 4.38. The summed E-state index contributed by atoms with van der Waals surface area (Å²) in [7, 11) is -3.96. The Morgan fingerprint density at radius 2 is 1.74 bits per heavy atom. The number of H-pyrrole nitrogens is 1. The first-order valence-corrected chi connectivity index (χ1v) is 12.1. The largest absolute Gasteiger partial charge is 0.386 e. The molecule has 1 aromatic heterocycles. The van der Waals surface area contributed by atoms with Crippen LogP contribution in [-0.2, 0) is 10.0 Å². The van der Waals surface area contributed by atoms with Crippen LogP contribution in [0.2, 0.25) is 0 Å². The number of nitrogens with one attached hydrogen (secondary N) is 1. The quantitative estimate of drug-likeness (QED) is 0.620. The number of aromatic amines is 1. The van der Waals surface area contributed by atoms with E-state index in [1.807, 2.05) is 6.07 Å². The van der Waals surface area contributed by atoms with Crippen molar-refractivity contribution in [3.8, 4) is 11.4 Å². The average molecular weight is 447 g/mol. The predicted octanol–water partition coefficient (Wildman–Crippen LogP) is 1.18. The Hall–Kier alpha value is -2.66. The number of nitrogens with zero attached hydrogens (tertiary/aromatic N) is 5. The minimum absolute atomic E-state index is 0.0582. The zero-order chi connectivity index (χ0) is 22.2. The summed E-state index contributed by atoms with van der Waals surface area (Å²) >= 11 is 0. The number of piperidine rings is 2. The SMILES string of the molecule is C=C(N)N1CCC(C2CCN(c3ccc(C)c(S(N)(=O)=O)c3-c3nn[nH]n3)CC2)CC1. The van der Waals surface area contributed by atoms with Gasteiger partial charge in [-0.25, -0.2) is 13.6 Å². The van der Waals surface area contributed by atoms with Gasteiger partial charge >= 0.3 is 0 Å². The van der Waals surface area contributed by atoms with Crippen LogP contribution >= 0.6 is 0 Å². The number of hydrogen-bond acceptors (Lipinski definition) is 8. The number of rotatable bonds is 5. The molecule has 4 rings (SSSR count). The molecule has 5 N–H and O–H groups in total. The zero-order valence-electron chi connectivity index (χ0n) is 17.8. The second kappa shape index (κ2) is 8.46. The third-order valence-electron chi connectivity index (χ3n) is 6.68. The molecule has 2 aliphatic rings. The van der Waals surface area contributed by atoms with Gasteiger partial charge in [0.25, 0.3) is 0 Å². The normalized spacial score (nSPS) is 19.0. The smallest absolute Gasteiger partial charge is 0.239 e. The van der Waals surface area contributed by atoms with E-state index < -0.39 is 10.0 Å². The number of hydrogen-bond donors (Lipinski definition) is 3. The van der Waals surface area contributed by atoms with Gasteiger partial charge in [-0.3, -0.25) is 0 Å². The predicted molar refractivity (Wildman–Crippen MR) is 118 cm³/mol. The van der Waals surface area contributed by atoms with E-state index in [0.717, 1.165) is 57.5 Å². The number of benzene rings is 1. The second-order valence-corrected chi connectivity index (χ2v) is 10.0. The van der Waals surface area contributed by atoms with E-state index in [1.54, 1.807) is 13.0 Å². The average Bonchev–Trinajstić information content (AvgIpc) is 3.27. The molecule has 11 heteroatoms. The summed E-state index contributed by atoms with van der Waals surface area (Å²) in [6.07, 6.45) is 4.38. The minimum atomic E-state index is -3.96. The minimum Gasteiger partial charge on any atom is -0.386 e. The van der Waals surface area contributed by atoms with Crippen LogP contribution in [0.4, 0.5) is 5.69 Å². The van der Waals surface area contributed by atoms with Gasteiger partial charge in [0.15, 0.2) is 0 Å². The van der Waals surface area contributed by atoms with Crippen LogP contribution in [0.25, 0.3) is 11.4 Å². The molecule has 10 nitrogen and oxygen atoms in total. The molecule has 2 aromatic rings. The van der Waals surface area contributed by atoms with Crippen molar-refractivity contribution in [3.05, 3.63) is 30.1 Å². The standard InChI is InChI=1S/C20H30N8O2S/c1-13-3-4-17(18(19(13)31(22,29)30)20-23-25-26-24-20)28-11-7-16(8-12-28)15-5-9-27(10-6-15)14(2)21/h3-4,15-16H,2,5-12,21H2,1H3,(H2,22,29,30)(H,23,24,25,26). The number of sulfonamides is 1. The fourth-order valence-corrected chi connectivity index (χ4v) is 6.06. The van der Waals surface area contributed by atoms with E-state index in [0.29, 0.717) is 28.8 Å². The summed E-state index contributed by atoms with van der Waals surface area (Å²) in [6, 6.07) is 3.72. The first-order chi connectivity index (χ1) is 14.8. The van der Waals surface area contributed by atoms with E-state index in [-0.39, 0.29) is 10.7 Å². The first kappa shape index (κ1) is 21.6. The van der Waals surface area contributed by atoms with Crippen molar-refractivity contribution in [1.29, 1.82) is 0 Å². The second-order valence-electron chi connectivity index (χ2n) is 8.53. The third-order valence-corrected chi connectivity index (χ3v) is 7.77. The highest BCUT2D eigenvalue weighted by atomic mass is 32.2. The molecule has 0 aliphatic carbocycles. The molecule has 0 unspecified atom stereocenters. The molecule has 31 heavy (non-hydrogen) atoms. The summed E-state index contributed by atoms with van der Waals surface area (Å²) in [5.41, 5.74) is 7.60. The van der Waals surface area contributed by atoms with E-state index in [4.69, 9.17) is 10.9 Å². The highest BCUT2D eigenvalue weighted by Crippen LogP contribution is 2.39. The van der Waals surface area contributed by atoms with Crippen molar-refractivity contribution in [3.63, 3.8) is 0 Å². The lowest BCUT2D eigenvalue weighted by atomic mass is 9.78. The van der Waals surface area contributed by atoms with Crippen molar-refractivity contribution in [2.75, 3.05) is 31.1 Å². The molecule has 0 radical (unpaired) electrons. The Balaban J connectivity index is 1.55. The maximum atomic E-state index is 12.4. The van der Waals surface area contributed by atoms with Gasteiger partial charge in [0.05, 0.1) is 16.3 Å². The Morgan fingerprint density at radius 1 is 1.13 bits per heavy atom. The Morgan fingerprint density at radius 3 is 2.26 bits per heavy atom. The topological polar surface area (TPSA) is 147 Å². The highest BCUT2D eigenvalue weighted by Gasteiger charge is 2.32. The van der Waals surface area contributed by atoms with E-state index in [1.165, 1.54) is 0 Å². The van der Waals surface area contributed by atoms with E-state index in [2.05, 4.69) is 37.0 Å². The van der Waals surface area contributed by atoms with Crippen LogP contribution in [0, 0.1) is 18.8 Å². The number of tetrazole rings is 1. The number of likely N-dealkylation sites (tertiary alicyclic amines) is 1. The molecule has 0 spiro atoms.